The molecule has 5 heteroatoms. The van der Waals surface area contributed by atoms with Crippen molar-refractivity contribution in [1.82, 2.24) is 5.32 Å². The highest BCUT2D eigenvalue weighted by atomic mass is 35.5. The zero-order valence-electron chi connectivity index (χ0n) is 12.7. The third-order valence-electron chi connectivity index (χ3n) is 3.34. The molecule has 1 heterocycles. The third-order valence-corrected chi connectivity index (χ3v) is 4.77. The van der Waals surface area contributed by atoms with Crippen LogP contribution in [0.1, 0.15) is 20.9 Å². The Morgan fingerprint density at radius 2 is 1.86 bits per heavy atom. The van der Waals surface area contributed by atoms with Crippen molar-refractivity contribution in [1.29, 1.82) is 0 Å². The fourth-order valence-corrected chi connectivity index (χ4v) is 3.47. The first kappa shape index (κ1) is 16.1. The Balaban J connectivity index is 2.01. The van der Waals surface area contributed by atoms with Crippen molar-refractivity contribution in [3.05, 3.63) is 44.1 Å². The van der Waals surface area contributed by atoms with Gasteiger partial charge in [0.15, 0.2) is 11.5 Å². The first-order valence-corrected chi connectivity index (χ1v) is 7.91. The zero-order chi connectivity index (χ0) is 15.4. The molecule has 1 aromatic carbocycles. The minimum atomic E-state index is 0.566. The zero-order valence-corrected chi connectivity index (χ0v) is 14.3. The van der Waals surface area contributed by atoms with Crippen LogP contribution in [0, 0.1) is 13.8 Å². The molecule has 2 aromatic rings. The summed E-state index contributed by atoms with van der Waals surface area (Å²) >= 11 is 8.04. The van der Waals surface area contributed by atoms with Crippen molar-refractivity contribution in [2.45, 2.75) is 26.9 Å². The van der Waals surface area contributed by atoms with E-state index in [1.807, 2.05) is 23.5 Å². The van der Waals surface area contributed by atoms with Gasteiger partial charge in [-0.2, -0.15) is 0 Å². The quantitative estimate of drug-likeness (QED) is 0.857. The molecule has 0 aliphatic heterocycles. The van der Waals surface area contributed by atoms with Gasteiger partial charge in [-0.05, 0) is 43.2 Å². The third kappa shape index (κ3) is 3.90. The monoisotopic (exact) mass is 325 g/mol. The second-order valence-electron chi connectivity index (χ2n) is 4.87. The maximum Gasteiger partial charge on any atom is 0.179 e. The van der Waals surface area contributed by atoms with Gasteiger partial charge in [0.1, 0.15) is 0 Å². The van der Waals surface area contributed by atoms with Gasteiger partial charge in [0, 0.05) is 22.8 Å². The Hall–Kier alpha value is -1.23. The van der Waals surface area contributed by atoms with Gasteiger partial charge in [-0.1, -0.05) is 11.6 Å². The molecule has 0 amide bonds. The number of ether oxygens (including phenoxy) is 2. The number of thiophene rings is 1. The minimum Gasteiger partial charge on any atom is -0.493 e. The number of benzene rings is 1. The fraction of sp³-hybridized carbons (Fsp3) is 0.375. The van der Waals surface area contributed by atoms with Crippen LogP contribution >= 0.6 is 22.9 Å². The van der Waals surface area contributed by atoms with Crippen LogP contribution in [0.15, 0.2) is 18.2 Å². The van der Waals surface area contributed by atoms with Crippen molar-refractivity contribution in [2.24, 2.45) is 0 Å². The van der Waals surface area contributed by atoms with Gasteiger partial charge in [0.05, 0.1) is 19.2 Å². The first-order chi connectivity index (χ1) is 10.0. The largest absolute Gasteiger partial charge is 0.493 e. The van der Waals surface area contributed by atoms with Crippen LogP contribution in [0.3, 0.4) is 0 Å². The van der Waals surface area contributed by atoms with Crippen LogP contribution in [0.25, 0.3) is 0 Å². The van der Waals surface area contributed by atoms with Gasteiger partial charge in [-0.15, -0.1) is 11.3 Å². The van der Waals surface area contributed by atoms with Crippen molar-refractivity contribution >= 4 is 22.9 Å². The Kier molecular flexibility index (Phi) is 5.51. The Bertz CT molecular complexity index is 605. The molecule has 0 saturated heterocycles. The summed E-state index contributed by atoms with van der Waals surface area (Å²) < 4.78 is 10.5. The van der Waals surface area contributed by atoms with Crippen LogP contribution in [0.2, 0.25) is 5.02 Å². The summed E-state index contributed by atoms with van der Waals surface area (Å²) in [6.45, 7) is 5.88. The Morgan fingerprint density at radius 1 is 1.10 bits per heavy atom. The smallest absolute Gasteiger partial charge is 0.179 e. The molecule has 0 saturated carbocycles. The Labute approximate surface area is 134 Å². The van der Waals surface area contributed by atoms with E-state index in [4.69, 9.17) is 21.1 Å². The maximum atomic E-state index is 6.20. The van der Waals surface area contributed by atoms with Crippen LogP contribution < -0.4 is 14.8 Å². The predicted octanol–water partition coefficient (Wildman–Crippen LogP) is 4.33. The normalized spacial score (nSPS) is 10.7. The molecule has 0 aliphatic carbocycles. The summed E-state index contributed by atoms with van der Waals surface area (Å²) in [5.41, 5.74) is 2.42. The van der Waals surface area contributed by atoms with E-state index in [9.17, 15) is 0 Å². The molecule has 0 bridgehead atoms. The summed E-state index contributed by atoms with van der Waals surface area (Å²) in [5.74, 6) is 1.23. The molecular formula is C16H20ClNO2S. The summed E-state index contributed by atoms with van der Waals surface area (Å²) in [7, 11) is 3.20. The summed E-state index contributed by atoms with van der Waals surface area (Å²) in [4.78, 5) is 2.72. The molecule has 0 fully saturated rings. The summed E-state index contributed by atoms with van der Waals surface area (Å²) in [6.07, 6.45) is 0. The van der Waals surface area contributed by atoms with E-state index in [2.05, 4.69) is 25.2 Å². The van der Waals surface area contributed by atoms with Gasteiger partial charge in [-0.25, -0.2) is 0 Å². The van der Waals surface area contributed by atoms with E-state index in [1.54, 1.807) is 14.2 Å². The SMILES string of the molecule is COc1cc(CNCc2cc(C)c(C)s2)cc(Cl)c1OC. The van der Waals surface area contributed by atoms with E-state index >= 15 is 0 Å². The van der Waals surface area contributed by atoms with Gasteiger partial charge in [-0.3, -0.25) is 0 Å². The van der Waals surface area contributed by atoms with Crippen LogP contribution in [-0.4, -0.2) is 14.2 Å². The highest BCUT2D eigenvalue weighted by Crippen LogP contribution is 2.36. The summed E-state index contributed by atoms with van der Waals surface area (Å²) in [5, 5.41) is 4.00. The number of aryl methyl sites for hydroxylation is 2. The van der Waals surface area contributed by atoms with Crippen LogP contribution in [0.4, 0.5) is 0 Å². The lowest BCUT2D eigenvalue weighted by molar-refractivity contribution is 0.354. The number of nitrogens with one attached hydrogen (secondary N) is 1. The van der Waals surface area contributed by atoms with E-state index in [1.165, 1.54) is 15.3 Å². The van der Waals surface area contributed by atoms with Gasteiger partial charge in [0.25, 0.3) is 0 Å². The van der Waals surface area contributed by atoms with Crippen molar-refractivity contribution in [3.63, 3.8) is 0 Å². The average Bonchev–Trinajstić information content (AvgIpc) is 2.77. The van der Waals surface area contributed by atoms with E-state index in [0.717, 1.165) is 18.7 Å². The number of halogens is 1. The maximum absolute atomic E-state index is 6.20. The van der Waals surface area contributed by atoms with E-state index < -0.39 is 0 Å². The van der Waals surface area contributed by atoms with E-state index in [0.29, 0.717) is 16.5 Å². The molecule has 1 aromatic heterocycles. The lowest BCUT2D eigenvalue weighted by atomic mass is 10.2. The first-order valence-electron chi connectivity index (χ1n) is 6.72. The van der Waals surface area contributed by atoms with Gasteiger partial charge < -0.3 is 14.8 Å². The lowest BCUT2D eigenvalue weighted by Crippen LogP contribution is -2.12. The number of rotatable bonds is 6. The predicted molar refractivity (Wildman–Crippen MR) is 88.9 cm³/mol. The second kappa shape index (κ2) is 7.16. The van der Waals surface area contributed by atoms with E-state index in [-0.39, 0.29) is 0 Å². The van der Waals surface area contributed by atoms with Crippen LogP contribution in [0.5, 0.6) is 11.5 Å². The van der Waals surface area contributed by atoms with Crippen LogP contribution in [-0.2, 0) is 13.1 Å². The number of hydrogen-bond acceptors (Lipinski definition) is 4. The average molecular weight is 326 g/mol. The molecular weight excluding hydrogens is 306 g/mol. The number of hydrogen-bond donors (Lipinski definition) is 1. The van der Waals surface area contributed by atoms with Crippen molar-refractivity contribution in [3.8, 4) is 11.5 Å². The molecule has 0 spiro atoms. The standard InChI is InChI=1S/C16H20ClNO2S/c1-10-5-13(21-11(10)2)9-18-8-12-6-14(17)16(20-4)15(7-12)19-3/h5-7,18H,8-9H2,1-4H3. The fourth-order valence-electron chi connectivity index (χ4n) is 2.14. The summed E-state index contributed by atoms with van der Waals surface area (Å²) in [6, 6.07) is 6.08. The molecule has 0 radical (unpaired) electrons. The molecule has 0 unspecified atom stereocenters. The Morgan fingerprint density at radius 3 is 2.43 bits per heavy atom. The molecule has 3 nitrogen and oxygen atoms in total. The van der Waals surface area contributed by atoms with Gasteiger partial charge in [0.2, 0.25) is 0 Å². The van der Waals surface area contributed by atoms with Crippen molar-refractivity contribution in [2.75, 3.05) is 14.2 Å². The van der Waals surface area contributed by atoms with Crippen molar-refractivity contribution < 1.29 is 9.47 Å². The number of methoxy groups -OCH3 is 2. The van der Waals surface area contributed by atoms with Gasteiger partial charge >= 0.3 is 0 Å². The minimum absolute atomic E-state index is 0.566. The molecule has 0 aliphatic rings. The molecule has 1 N–H and O–H groups in total. The highest BCUT2D eigenvalue weighted by Gasteiger charge is 2.10. The molecule has 114 valence electrons. The second-order valence-corrected chi connectivity index (χ2v) is 6.62. The lowest BCUT2D eigenvalue weighted by Gasteiger charge is -2.12. The highest BCUT2D eigenvalue weighted by molar-refractivity contribution is 7.12. The molecule has 2 rings (SSSR count). The molecule has 0 atom stereocenters. The topological polar surface area (TPSA) is 30.5 Å². The molecule has 21 heavy (non-hydrogen) atoms.